The molecule has 0 bridgehead atoms. The minimum Gasteiger partial charge on any atom is -0.322 e. The highest BCUT2D eigenvalue weighted by atomic mass is 32.2. The van der Waals surface area contributed by atoms with E-state index in [4.69, 9.17) is 0 Å². The summed E-state index contributed by atoms with van der Waals surface area (Å²) in [5, 5.41) is 2.75. The predicted molar refractivity (Wildman–Crippen MR) is 112 cm³/mol. The van der Waals surface area contributed by atoms with Crippen molar-refractivity contribution in [2.75, 3.05) is 10.0 Å². The Morgan fingerprint density at radius 1 is 0.821 bits per heavy atom. The van der Waals surface area contributed by atoms with E-state index >= 15 is 0 Å². The summed E-state index contributed by atoms with van der Waals surface area (Å²) in [6, 6.07) is 19.1. The van der Waals surface area contributed by atoms with Crippen molar-refractivity contribution in [3.05, 3.63) is 89.0 Å². The van der Waals surface area contributed by atoms with Crippen molar-refractivity contribution in [1.82, 2.24) is 0 Å². The minimum absolute atomic E-state index is 0.123. The van der Waals surface area contributed by atoms with Crippen LogP contribution in [0.15, 0.2) is 71.6 Å². The summed E-state index contributed by atoms with van der Waals surface area (Å²) in [6.07, 6.45) is 0. The van der Waals surface area contributed by atoms with Crippen molar-refractivity contribution in [2.45, 2.75) is 25.7 Å². The maximum Gasteiger partial charge on any atom is 0.262 e. The van der Waals surface area contributed by atoms with Crippen LogP contribution < -0.4 is 10.0 Å². The fraction of sp³-hybridized carbons (Fsp3) is 0.136. The second kappa shape index (κ2) is 7.86. The highest BCUT2D eigenvalue weighted by Crippen LogP contribution is 2.25. The number of anilines is 2. The average Bonchev–Trinajstić information content (AvgIpc) is 2.66. The van der Waals surface area contributed by atoms with Crippen LogP contribution >= 0.6 is 0 Å². The predicted octanol–water partition coefficient (Wildman–Crippen LogP) is 4.66. The lowest BCUT2D eigenvalue weighted by Gasteiger charge is -2.14. The van der Waals surface area contributed by atoms with Gasteiger partial charge in [0.15, 0.2) is 0 Å². The molecule has 0 saturated carbocycles. The zero-order valence-electron chi connectivity index (χ0n) is 16.0. The van der Waals surface area contributed by atoms with Crippen molar-refractivity contribution in [2.24, 2.45) is 0 Å². The number of aryl methyl sites for hydroxylation is 3. The molecule has 28 heavy (non-hydrogen) atoms. The molecule has 0 fully saturated rings. The van der Waals surface area contributed by atoms with Gasteiger partial charge in [0.25, 0.3) is 15.9 Å². The standard InChI is InChI=1S/C22H22N2O3S/c1-15-9-12-20(17(3)13-15)24-28(26,27)21-14-19(11-10-16(21)2)23-22(25)18-7-5-4-6-8-18/h4-14,24H,1-3H3,(H,23,25). The van der Waals surface area contributed by atoms with Gasteiger partial charge in [-0.25, -0.2) is 8.42 Å². The molecule has 0 aliphatic rings. The number of hydrogen-bond acceptors (Lipinski definition) is 3. The fourth-order valence-electron chi connectivity index (χ4n) is 2.89. The zero-order chi connectivity index (χ0) is 20.3. The third kappa shape index (κ3) is 4.40. The summed E-state index contributed by atoms with van der Waals surface area (Å²) in [5.74, 6) is -0.296. The van der Waals surface area contributed by atoms with Gasteiger partial charge in [0.05, 0.1) is 10.6 Å². The lowest BCUT2D eigenvalue weighted by Crippen LogP contribution is -2.16. The molecule has 0 unspecified atom stereocenters. The molecule has 3 aromatic rings. The quantitative estimate of drug-likeness (QED) is 0.661. The Labute approximate surface area is 165 Å². The molecule has 0 aliphatic carbocycles. The van der Waals surface area contributed by atoms with Crippen LogP contribution in [0, 0.1) is 20.8 Å². The number of nitrogens with one attached hydrogen (secondary N) is 2. The van der Waals surface area contributed by atoms with Gasteiger partial charge in [-0.15, -0.1) is 0 Å². The Kier molecular flexibility index (Phi) is 5.51. The van der Waals surface area contributed by atoms with Crippen LogP contribution in [0.1, 0.15) is 27.0 Å². The van der Waals surface area contributed by atoms with Crippen LogP contribution in [0.2, 0.25) is 0 Å². The Balaban J connectivity index is 1.89. The molecule has 0 saturated heterocycles. The van der Waals surface area contributed by atoms with E-state index in [-0.39, 0.29) is 10.8 Å². The van der Waals surface area contributed by atoms with E-state index in [1.807, 2.05) is 32.0 Å². The molecule has 6 heteroatoms. The van der Waals surface area contributed by atoms with E-state index in [1.54, 1.807) is 49.4 Å². The van der Waals surface area contributed by atoms with Crippen LogP contribution in [0.3, 0.4) is 0 Å². The molecule has 0 aliphatic heterocycles. The van der Waals surface area contributed by atoms with Gasteiger partial charge in [0, 0.05) is 11.3 Å². The van der Waals surface area contributed by atoms with E-state index in [1.165, 1.54) is 6.07 Å². The molecule has 2 N–H and O–H groups in total. The van der Waals surface area contributed by atoms with Crippen molar-refractivity contribution in [3.63, 3.8) is 0 Å². The number of benzene rings is 3. The first-order valence-electron chi connectivity index (χ1n) is 8.83. The highest BCUT2D eigenvalue weighted by molar-refractivity contribution is 7.92. The van der Waals surface area contributed by atoms with Gasteiger partial charge in [0.2, 0.25) is 0 Å². The molecule has 0 atom stereocenters. The van der Waals surface area contributed by atoms with E-state index < -0.39 is 10.0 Å². The average molecular weight is 394 g/mol. The number of sulfonamides is 1. The van der Waals surface area contributed by atoms with E-state index in [0.29, 0.717) is 22.5 Å². The van der Waals surface area contributed by atoms with Crippen LogP contribution in [0.5, 0.6) is 0 Å². The number of amides is 1. The number of rotatable bonds is 5. The molecule has 5 nitrogen and oxygen atoms in total. The summed E-state index contributed by atoms with van der Waals surface area (Å²) in [5.41, 5.74) is 3.94. The van der Waals surface area contributed by atoms with E-state index in [0.717, 1.165) is 11.1 Å². The highest BCUT2D eigenvalue weighted by Gasteiger charge is 2.19. The van der Waals surface area contributed by atoms with Gasteiger partial charge in [-0.1, -0.05) is 42.0 Å². The Morgan fingerprint density at radius 2 is 1.54 bits per heavy atom. The summed E-state index contributed by atoms with van der Waals surface area (Å²) < 4.78 is 28.5. The maximum atomic E-state index is 12.9. The zero-order valence-corrected chi connectivity index (χ0v) is 16.8. The van der Waals surface area contributed by atoms with Crippen LogP contribution in [0.25, 0.3) is 0 Å². The second-order valence-electron chi connectivity index (χ2n) is 6.72. The van der Waals surface area contributed by atoms with E-state index in [2.05, 4.69) is 10.0 Å². The Bertz CT molecular complexity index is 1120. The Morgan fingerprint density at radius 3 is 2.21 bits per heavy atom. The first-order chi connectivity index (χ1) is 13.3. The normalized spacial score (nSPS) is 11.1. The van der Waals surface area contributed by atoms with Crippen molar-refractivity contribution < 1.29 is 13.2 Å². The minimum atomic E-state index is -3.80. The third-order valence-corrected chi connectivity index (χ3v) is 5.91. The fourth-order valence-corrected chi connectivity index (χ4v) is 4.29. The first kappa shape index (κ1) is 19.6. The molecular formula is C22H22N2O3S. The maximum absolute atomic E-state index is 12.9. The van der Waals surface area contributed by atoms with Gasteiger partial charge in [-0.3, -0.25) is 9.52 Å². The molecule has 3 rings (SSSR count). The number of carbonyl (C=O) groups excluding carboxylic acids is 1. The lowest BCUT2D eigenvalue weighted by molar-refractivity contribution is 0.102. The second-order valence-corrected chi connectivity index (χ2v) is 8.38. The van der Waals surface area contributed by atoms with Gasteiger partial charge in [0.1, 0.15) is 0 Å². The SMILES string of the molecule is Cc1ccc(NS(=O)(=O)c2cc(NC(=O)c3ccccc3)ccc2C)c(C)c1. The van der Waals surface area contributed by atoms with Gasteiger partial charge >= 0.3 is 0 Å². The number of carbonyl (C=O) groups is 1. The summed E-state index contributed by atoms with van der Waals surface area (Å²) in [4.78, 5) is 12.5. The molecule has 3 aromatic carbocycles. The molecule has 0 radical (unpaired) electrons. The van der Waals surface area contributed by atoms with Crippen LogP contribution in [0.4, 0.5) is 11.4 Å². The van der Waals surface area contributed by atoms with E-state index in [9.17, 15) is 13.2 Å². The molecule has 1 amide bonds. The largest absolute Gasteiger partial charge is 0.322 e. The van der Waals surface area contributed by atoms with Gasteiger partial charge in [-0.2, -0.15) is 0 Å². The summed E-state index contributed by atoms with van der Waals surface area (Å²) >= 11 is 0. The van der Waals surface area contributed by atoms with Crippen LogP contribution in [-0.4, -0.2) is 14.3 Å². The Hall–Kier alpha value is -3.12. The summed E-state index contributed by atoms with van der Waals surface area (Å²) in [6.45, 7) is 5.53. The molecule has 0 heterocycles. The molecule has 144 valence electrons. The molecule has 0 aromatic heterocycles. The lowest BCUT2D eigenvalue weighted by atomic mass is 10.1. The van der Waals surface area contributed by atoms with Crippen molar-refractivity contribution in [1.29, 1.82) is 0 Å². The smallest absolute Gasteiger partial charge is 0.262 e. The van der Waals surface area contributed by atoms with Crippen molar-refractivity contribution in [3.8, 4) is 0 Å². The van der Waals surface area contributed by atoms with Gasteiger partial charge < -0.3 is 5.32 Å². The monoisotopic (exact) mass is 394 g/mol. The van der Waals surface area contributed by atoms with Crippen LogP contribution in [-0.2, 0) is 10.0 Å². The first-order valence-corrected chi connectivity index (χ1v) is 10.3. The third-order valence-electron chi connectivity index (χ3n) is 4.40. The molecule has 0 spiro atoms. The summed E-state index contributed by atoms with van der Waals surface area (Å²) in [7, 11) is -3.80. The molecular weight excluding hydrogens is 372 g/mol. The number of hydrogen-bond donors (Lipinski definition) is 2. The van der Waals surface area contributed by atoms with Gasteiger partial charge in [-0.05, 0) is 62.2 Å². The topological polar surface area (TPSA) is 75.3 Å². The van der Waals surface area contributed by atoms with Crippen molar-refractivity contribution >= 4 is 27.3 Å².